The zero-order valence-electron chi connectivity index (χ0n) is 8.33. The first-order chi connectivity index (χ1) is 7.75. The summed E-state index contributed by atoms with van der Waals surface area (Å²) in [6.45, 7) is 0. The Morgan fingerprint density at radius 1 is 0.875 bits per heavy atom. The Kier molecular flexibility index (Phi) is 3.34. The summed E-state index contributed by atoms with van der Waals surface area (Å²) in [5.41, 5.74) is 0. The van der Waals surface area contributed by atoms with E-state index < -0.39 is 11.1 Å². The Bertz CT molecular complexity index is 479. The third kappa shape index (κ3) is 2.68. The fraction of sp³-hybridized carbons (Fsp3) is 0. The molecule has 0 N–H and O–H groups in total. The maximum Gasteiger partial charge on any atom is 0.127 e. The second-order valence-corrected chi connectivity index (χ2v) is 4.06. The van der Waals surface area contributed by atoms with E-state index in [0.29, 0.717) is 5.75 Å². The molecule has 0 radical (unpaired) electrons. The van der Waals surface area contributed by atoms with Crippen molar-refractivity contribution >= 4 is 11.1 Å². The molecule has 3 nitrogen and oxygen atoms in total. The van der Waals surface area contributed by atoms with Crippen LogP contribution < -0.4 is 4.74 Å². The highest BCUT2D eigenvalue weighted by Gasteiger charge is 1.97. The van der Waals surface area contributed by atoms with E-state index in [1.165, 1.54) is 12.1 Å². The molecule has 82 valence electrons. The van der Waals surface area contributed by atoms with Gasteiger partial charge in [-0.1, -0.05) is 18.2 Å². The van der Waals surface area contributed by atoms with Gasteiger partial charge in [0.05, 0.1) is 0 Å². The highest BCUT2D eigenvalue weighted by atomic mass is 32.2. The highest BCUT2D eigenvalue weighted by Crippen LogP contribution is 2.21. The monoisotopic (exact) mass is 233 g/mol. The zero-order valence-corrected chi connectivity index (χ0v) is 9.15. The zero-order chi connectivity index (χ0) is 11.4. The summed E-state index contributed by atoms with van der Waals surface area (Å²) in [5.74, 6) is 1.33. The van der Waals surface area contributed by atoms with E-state index in [9.17, 15) is 8.76 Å². The molecule has 0 amide bonds. The minimum atomic E-state index is -2.19. The molecule has 0 fully saturated rings. The summed E-state index contributed by atoms with van der Waals surface area (Å²) >= 11 is -2.19. The normalized spacial score (nSPS) is 12.1. The number of hydrogen-bond acceptors (Lipinski definition) is 3. The lowest BCUT2D eigenvalue weighted by atomic mass is 10.3. The van der Waals surface area contributed by atoms with Gasteiger partial charge in [0.15, 0.2) is 0 Å². The molecule has 0 spiro atoms. The van der Waals surface area contributed by atoms with Crippen molar-refractivity contribution in [2.24, 2.45) is 0 Å². The van der Waals surface area contributed by atoms with Gasteiger partial charge < -0.3 is 9.29 Å². The van der Waals surface area contributed by atoms with Gasteiger partial charge >= 0.3 is 0 Å². The lowest BCUT2D eigenvalue weighted by Crippen LogP contribution is -1.89. The number of hydrogen-bond donors (Lipinski definition) is 0. The average molecular weight is 233 g/mol. The van der Waals surface area contributed by atoms with E-state index in [4.69, 9.17) is 4.74 Å². The minimum absolute atomic E-state index is 0.250. The van der Waals surface area contributed by atoms with Gasteiger partial charge in [-0.2, -0.15) is 0 Å². The topological polar surface area (TPSA) is 49.4 Å². The smallest absolute Gasteiger partial charge is 0.127 e. The molecule has 4 heteroatoms. The maximum absolute atomic E-state index is 10.6. The van der Waals surface area contributed by atoms with Crippen molar-refractivity contribution in [3.05, 3.63) is 54.6 Å². The second kappa shape index (κ2) is 4.92. The van der Waals surface area contributed by atoms with Gasteiger partial charge in [-0.3, -0.25) is 4.21 Å². The van der Waals surface area contributed by atoms with Gasteiger partial charge in [-0.25, -0.2) is 0 Å². The Morgan fingerprint density at radius 2 is 1.44 bits per heavy atom. The van der Waals surface area contributed by atoms with E-state index in [0.717, 1.165) is 5.75 Å². The molecule has 0 saturated carbocycles. The molecule has 0 aromatic heterocycles. The van der Waals surface area contributed by atoms with Gasteiger partial charge in [0.1, 0.15) is 11.5 Å². The molecule has 2 aromatic carbocycles. The van der Waals surface area contributed by atoms with Gasteiger partial charge in [0.2, 0.25) is 0 Å². The Hall–Kier alpha value is -1.65. The molecule has 0 aliphatic carbocycles. The molecule has 1 unspecified atom stereocenters. The number of para-hydroxylation sites is 1. The van der Waals surface area contributed by atoms with Crippen LogP contribution in [0.2, 0.25) is 0 Å². The summed E-state index contributed by atoms with van der Waals surface area (Å²) in [7, 11) is 0. The molecule has 2 aromatic rings. The largest absolute Gasteiger partial charge is 0.768 e. The third-order valence-electron chi connectivity index (χ3n) is 2.00. The van der Waals surface area contributed by atoms with Crippen molar-refractivity contribution in [3.8, 4) is 11.5 Å². The van der Waals surface area contributed by atoms with Crippen LogP contribution in [0.1, 0.15) is 0 Å². The van der Waals surface area contributed by atoms with Gasteiger partial charge in [0, 0.05) is 4.90 Å². The Labute approximate surface area is 96.0 Å². The molecular formula is C12H9O3S-. The van der Waals surface area contributed by atoms with E-state index in [-0.39, 0.29) is 4.90 Å². The Morgan fingerprint density at radius 3 is 2.00 bits per heavy atom. The second-order valence-electron chi connectivity index (χ2n) is 3.12. The van der Waals surface area contributed by atoms with E-state index in [2.05, 4.69) is 0 Å². The molecule has 0 saturated heterocycles. The van der Waals surface area contributed by atoms with E-state index >= 15 is 0 Å². The minimum Gasteiger partial charge on any atom is -0.768 e. The third-order valence-corrected chi connectivity index (χ3v) is 2.65. The fourth-order valence-corrected chi connectivity index (χ4v) is 1.60. The van der Waals surface area contributed by atoms with Crippen LogP contribution >= 0.6 is 0 Å². The standard InChI is InChI=1S/C12H10O3S/c13-16(14)12-8-6-11(7-9-12)15-10-4-2-1-3-5-10/h1-9H,(H,13,14)/p-1. The fourth-order valence-electron chi connectivity index (χ4n) is 1.24. The summed E-state index contributed by atoms with van der Waals surface area (Å²) in [6.07, 6.45) is 0. The molecule has 0 bridgehead atoms. The summed E-state index contributed by atoms with van der Waals surface area (Å²) in [5, 5.41) is 0. The van der Waals surface area contributed by atoms with Crippen molar-refractivity contribution < 1.29 is 13.5 Å². The molecule has 0 aliphatic rings. The summed E-state index contributed by atoms with van der Waals surface area (Å²) in [6, 6.07) is 15.6. The van der Waals surface area contributed by atoms with Crippen LogP contribution in [-0.2, 0) is 11.1 Å². The predicted molar refractivity (Wildman–Crippen MR) is 60.1 cm³/mol. The number of rotatable bonds is 3. The van der Waals surface area contributed by atoms with Crippen molar-refractivity contribution in [1.82, 2.24) is 0 Å². The van der Waals surface area contributed by atoms with E-state index in [1.54, 1.807) is 12.1 Å². The molecule has 2 rings (SSSR count). The highest BCUT2D eigenvalue weighted by molar-refractivity contribution is 7.79. The van der Waals surface area contributed by atoms with Crippen LogP contribution in [0, 0.1) is 0 Å². The first kappa shape index (κ1) is 10.9. The molecular weight excluding hydrogens is 224 g/mol. The van der Waals surface area contributed by atoms with Crippen LogP contribution in [0.3, 0.4) is 0 Å². The van der Waals surface area contributed by atoms with Crippen molar-refractivity contribution in [1.29, 1.82) is 0 Å². The van der Waals surface area contributed by atoms with Gasteiger partial charge in [0.25, 0.3) is 0 Å². The van der Waals surface area contributed by atoms with Crippen molar-refractivity contribution in [3.63, 3.8) is 0 Å². The molecule has 16 heavy (non-hydrogen) atoms. The lowest BCUT2D eigenvalue weighted by Gasteiger charge is -2.07. The molecule has 1 atom stereocenters. The SMILES string of the molecule is O=S([O-])c1ccc(Oc2ccccc2)cc1. The molecule has 0 aliphatic heterocycles. The first-order valence-electron chi connectivity index (χ1n) is 4.68. The van der Waals surface area contributed by atoms with Crippen LogP contribution in [-0.4, -0.2) is 8.76 Å². The first-order valence-corrected chi connectivity index (χ1v) is 5.75. The summed E-state index contributed by atoms with van der Waals surface area (Å²) < 4.78 is 26.8. The van der Waals surface area contributed by atoms with Gasteiger partial charge in [-0.05, 0) is 47.5 Å². The number of benzene rings is 2. The maximum atomic E-state index is 10.6. The quantitative estimate of drug-likeness (QED) is 0.766. The Balaban J connectivity index is 2.14. The van der Waals surface area contributed by atoms with Gasteiger partial charge in [-0.15, -0.1) is 0 Å². The van der Waals surface area contributed by atoms with Crippen molar-refractivity contribution in [2.45, 2.75) is 4.90 Å². The average Bonchev–Trinajstić information content (AvgIpc) is 2.31. The van der Waals surface area contributed by atoms with Crippen LogP contribution in [0.15, 0.2) is 59.5 Å². The lowest BCUT2D eigenvalue weighted by molar-refractivity contribution is 0.482. The van der Waals surface area contributed by atoms with Crippen molar-refractivity contribution in [2.75, 3.05) is 0 Å². The number of ether oxygens (including phenoxy) is 1. The molecule has 0 heterocycles. The van der Waals surface area contributed by atoms with E-state index in [1.807, 2.05) is 30.3 Å². The van der Waals surface area contributed by atoms with Crippen LogP contribution in [0.5, 0.6) is 11.5 Å². The summed E-state index contributed by atoms with van der Waals surface area (Å²) in [4.78, 5) is 0.250. The van der Waals surface area contributed by atoms with Crippen LogP contribution in [0.25, 0.3) is 0 Å². The predicted octanol–water partition coefficient (Wildman–Crippen LogP) is 2.72. The van der Waals surface area contributed by atoms with Crippen LogP contribution in [0.4, 0.5) is 0 Å².